The van der Waals surface area contributed by atoms with Crippen LogP contribution in [0.3, 0.4) is 0 Å². The van der Waals surface area contributed by atoms with Crippen LogP contribution in [-0.2, 0) is 12.8 Å². The van der Waals surface area contributed by atoms with E-state index in [1.54, 1.807) is 14.2 Å². The van der Waals surface area contributed by atoms with Gasteiger partial charge in [0.15, 0.2) is 0 Å². The van der Waals surface area contributed by atoms with Gasteiger partial charge in [-0.05, 0) is 65.4 Å². The number of nitrogens with zero attached hydrogens (tertiary/aromatic N) is 5. The largest absolute Gasteiger partial charge is 0.497 e. The van der Waals surface area contributed by atoms with Gasteiger partial charge in [0.05, 0.1) is 14.2 Å². The number of nitrogens with one attached hydrogen (secondary N) is 3. The van der Waals surface area contributed by atoms with Crippen molar-refractivity contribution in [3.8, 4) is 11.5 Å². The highest BCUT2D eigenvalue weighted by atomic mass is 35.5. The third kappa shape index (κ3) is 10.8. The fourth-order valence-corrected chi connectivity index (χ4v) is 5.74. The number of benzene rings is 2. The first-order valence-corrected chi connectivity index (χ1v) is 15.9. The minimum Gasteiger partial charge on any atom is -0.497 e. The minimum absolute atomic E-state index is 0.480. The number of rotatable bonds is 7. The molecule has 4 aromatic rings. The average Bonchev–Trinajstić information content (AvgIpc) is 3.67. The van der Waals surface area contributed by atoms with Crippen LogP contribution in [-0.4, -0.2) is 84.8 Å². The molecule has 1 unspecified atom stereocenters. The van der Waals surface area contributed by atoms with Crippen LogP contribution < -0.4 is 30.3 Å². The Kier molecular flexibility index (Phi) is 13.2. The first-order chi connectivity index (χ1) is 20.5. The van der Waals surface area contributed by atoms with Crippen molar-refractivity contribution in [1.82, 2.24) is 34.7 Å². The van der Waals surface area contributed by atoms with Crippen LogP contribution in [0.1, 0.15) is 29.7 Å². The van der Waals surface area contributed by atoms with E-state index in [0.717, 1.165) is 86.1 Å². The third-order valence-electron chi connectivity index (χ3n) is 6.49. The Bertz CT molecular complexity index is 1340. The minimum atomic E-state index is 0.480. The molecule has 0 spiro atoms. The van der Waals surface area contributed by atoms with Gasteiger partial charge < -0.3 is 30.3 Å². The molecule has 2 saturated heterocycles. The van der Waals surface area contributed by atoms with E-state index in [1.807, 2.05) is 42.5 Å². The molecule has 2 aliphatic rings. The summed E-state index contributed by atoms with van der Waals surface area (Å²) in [5.74, 6) is 3.35. The lowest BCUT2D eigenvalue weighted by Crippen LogP contribution is -2.49. The average molecular weight is 631 g/mol. The monoisotopic (exact) mass is 630 g/mol. The van der Waals surface area contributed by atoms with Gasteiger partial charge in [-0.25, -0.2) is 9.97 Å². The summed E-state index contributed by atoms with van der Waals surface area (Å²) in [6.45, 7) is 9.75. The summed E-state index contributed by atoms with van der Waals surface area (Å²) in [6.07, 6.45) is 1.43. The molecule has 10 nitrogen and oxygen atoms in total. The normalized spacial score (nSPS) is 16.5. The number of piperazine rings is 2. The zero-order chi connectivity index (χ0) is 29.6. The Morgan fingerprint density at radius 1 is 0.833 bits per heavy atom. The van der Waals surface area contributed by atoms with E-state index in [9.17, 15) is 0 Å². The van der Waals surface area contributed by atoms with Crippen molar-refractivity contribution in [1.29, 1.82) is 0 Å². The highest BCUT2D eigenvalue weighted by Gasteiger charge is 2.19. The van der Waals surface area contributed by atoms with Crippen molar-refractivity contribution in [2.75, 3.05) is 64.9 Å². The van der Waals surface area contributed by atoms with E-state index < -0.39 is 0 Å². The quantitative estimate of drug-likeness (QED) is 0.278. The molecule has 0 amide bonds. The zero-order valence-electron chi connectivity index (χ0n) is 24.3. The van der Waals surface area contributed by atoms with Crippen molar-refractivity contribution in [3.05, 3.63) is 75.8 Å². The van der Waals surface area contributed by atoms with Gasteiger partial charge in [0.2, 0.25) is 9.60 Å². The molecule has 1 atom stereocenters. The lowest BCUT2D eigenvalue weighted by atomic mass is 10.1. The number of ether oxygens (including phenoxy) is 2. The van der Waals surface area contributed by atoms with Crippen LogP contribution in [0.4, 0.5) is 5.13 Å². The molecule has 3 N–H and O–H groups in total. The third-order valence-corrected chi connectivity index (χ3v) is 8.14. The molecule has 0 aliphatic carbocycles. The highest BCUT2D eigenvalue weighted by Crippen LogP contribution is 2.22. The molecule has 2 aromatic carbocycles. The van der Waals surface area contributed by atoms with Gasteiger partial charge in [-0.15, -0.1) is 0 Å². The fourth-order valence-electron chi connectivity index (χ4n) is 4.39. The van der Waals surface area contributed by atoms with Crippen LogP contribution in [0.25, 0.3) is 0 Å². The van der Waals surface area contributed by atoms with Gasteiger partial charge >= 0.3 is 0 Å². The van der Waals surface area contributed by atoms with E-state index in [0.29, 0.717) is 16.9 Å². The van der Waals surface area contributed by atoms with Crippen molar-refractivity contribution in [2.24, 2.45) is 0 Å². The van der Waals surface area contributed by atoms with E-state index in [2.05, 4.69) is 52.6 Å². The van der Waals surface area contributed by atoms with Crippen LogP contribution in [0.2, 0.25) is 4.47 Å². The first kappa shape index (κ1) is 32.1. The second-order valence-corrected chi connectivity index (χ2v) is 11.9. The Hall–Kier alpha value is -2.87. The first-order valence-electron chi connectivity index (χ1n) is 14.0. The zero-order valence-corrected chi connectivity index (χ0v) is 26.7. The summed E-state index contributed by atoms with van der Waals surface area (Å²) >= 11 is 8.41. The maximum absolute atomic E-state index is 5.71. The summed E-state index contributed by atoms with van der Waals surface area (Å²) in [7, 11) is 3.33. The van der Waals surface area contributed by atoms with Crippen molar-refractivity contribution in [3.63, 3.8) is 0 Å². The van der Waals surface area contributed by atoms with Crippen molar-refractivity contribution in [2.45, 2.75) is 25.8 Å². The number of aromatic nitrogens is 4. The summed E-state index contributed by atoms with van der Waals surface area (Å²) in [6, 6.07) is 16.4. The van der Waals surface area contributed by atoms with Crippen LogP contribution in [0.15, 0.2) is 48.5 Å². The Balaban J connectivity index is 0.000000167. The van der Waals surface area contributed by atoms with E-state index >= 15 is 0 Å². The predicted molar refractivity (Wildman–Crippen MR) is 172 cm³/mol. The van der Waals surface area contributed by atoms with Gasteiger partial charge in [0.25, 0.3) is 0 Å². The molecule has 2 aliphatic heterocycles. The van der Waals surface area contributed by atoms with Gasteiger partial charge in [-0.3, -0.25) is 0 Å². The molecule has 4 heterocycles. The van der Waals surface area contributed by atoms with Crippen LogP contribution in [0, 0.1) is 0 Å². The lowest BCUT2D eigenvalue weighted by molar-refractivity contribution is 0.414. The van der Waals surface area contributed by atoms with Crippen molar-refractivity contribution >= 4 is 39.8 Å². The molecule has 13 heteroatoms. The Morgan fingerprint density at radius 3 is 1.90 bits per heavy atom. The van der Waals surface area contributed by atoms with Gasteiger partial charge in [0.1, 0.15) is 23.1 Å². The van der Waals surface area contributed by atoms with Gasteiger partial charge in [-0.2, -0.15) is 8.75 Å². The summed E-state index contributed by atoms with van der Waals surface area (Å²) in [5.41, 5.74) is 2.29. The van der Waals surface area contributed by atoms with E-state index in [-0.39, 0.29) is 0 Å². The molecule has 0 radical (unpaired) electrons. The highest BCUT2D eigenvalue weighted by molar-refractivity contribution is 7.10. The predicted octanol–water partition coefficient (Wildman–Crippen LogP) is 3.91. The summed E-state index contributed by atoms with van der Waals surface area (Å²) in [5, 5.41) is 10.9. The Morgan fingerprint density at radius 2 is 1.40 bits per heavy atom. The maximum Gasteiger partial charge on any atom is 0.205 e. The number of hydrogen-bond acceptors (Lipinski definition) is 12. The fraction of sp³-hybridized carbons (Fsp3) is 0.448. The van der Waals surface area contributed by atoms with Gasteiger partial charge in [0, 0.05) is 76.2 Å². The Labute approximate surface area is 261 Å². The van der Waals surface area contributed by atoms with E-state index in [4.69, 9.17) is 21.1 Å². The standard InChI is InChI=1S/C15H20N4OS.C10H9ClN2OS.C4H10N2/c1-11-10-19(7-6-16-11)15-17-14(18-21-15)9-12-4-3-5-13(8-12)20-2;1-14-8-4-2-3-7(5-8)6-9-12-10(11)15-13-9;1-2-6-4-3-5-1/h3-5,8,11,16H,6-7,9-10H2,1-2H3;2-5H,6H2,1H3;5-6H,1-4H2. The molecular weight excluding hydrogens is 592 g/mol. The topological polar surface area (TPSA) is 109 Å². The molecule has 0 saturated carbocycles. The number of hydrogen-bond donors (Lipinski definition) is 3. The second-order valence-electron chi connectivity index (χ2n) is 9.81. The van der Waals surface area contributed by atoms with Crippen LogP contribution >= 0.6 is 34.7 Å². The number of anilines is 1. The molecule has 226 valence electrons. The number of halogens is 1. The molecule has 2 aromatic heterocycles. The molecule has 0 bridgehead atoms. The molecule has 2 fully saturated rings. The number of methoxy groups -OCH3 is 2. The smallest absolute Gasteiger partial charge is 0.205 e. The summed E-state index contributed by atoms with van der Waals surface area (Å²) < 4.78 is 19.5. The molecule has 6 rings (SSSR count). The van der Waals surface area contributed by atoms with Crippen molar-refractivity contribution < 1.29 is 9.47 Å². The molecular formula is C29H39ClN8O2S2. The lowest BCUT2D eigenvalue weighted by Gasteiger charge is -2.31. The van der Waals surface area contributed by atoms with Crippen LogP contribution in [0.5, 0.6) is 11.5 Å². The molecule has 42 heavy (non-hydrogen) atoms. The maximum atomic E-state index is 5.71. The summed E-state index contributed by atoms with van der Waals surface area (Å²) in [4.78, 5) is 11.1. The van der Waals surface area contributed by atoms with Gasteiger partial charge in [-0.1, -0.05) is 24.3 Å². The van der Waals surface area contributed by atoms with E-state index in [1.165, 1.54) is 28.6 Å². The SMILES string of the molecule is C1CNCCN1.COc1cccc(Cc2nsc(Cl)n2)c1.COc1cccc(Cc2nsc(N3CCNC(C)C3)n2)c1. The second kappa shape index (κ2) is 17.3.